The van der Waals surface area contributed by atoms with Crippen molar-refractivity contribution in [2.24, 2.45) is 0 Å². The third-order valence-electron chi connectivity index (χ3n) is 7.02. The number of nitrogens with zero attached hydrogens (tertiary/aromatic N) is 2. The Morgan fingerprint density at radius 3 is 2.59 bits per heavy atom. The van der Waals surface area contributed by atoms with E-state index in [1.165, 1.54) is 4.90 Å². The van der Waals surface area contributed by atoms with Crippen molar-refractivity contribution in [3.05, 3.63) is 64.7 Å². The van der Waals surface area contributed by atoms with Gasteiger partial charge in [-0.15, -0.1) is 0 Å². The van der Waals surface area contributed by atoms with E-state index in [4.69, 9.17) is 4.74 Å². The van der Waals surface area contributed by atoms with Crippen molar-refractivity contribution >= 4 is 17.7 Å². The number of benzene rings is 2. The molecule has 1 unspecified atom stereocenters. The number of imide groups is 1. The lowest BCUT2D eigenvalue weighted by Crippen LogP contribution is -2.52. The Kier molecular flexibility index (Phi) is 6.32. The van der Waals surface area contributed by atoms with Crippen LogP contribution in [0.2, 0.25) is 0 Å². The first-order valence-corrected chi connectivity index (χ1v) is 11.8. The monoisotopic (exact) mass is 465 g/mol. The molecule has 0 spiro atoms. The number of hydrogen-bond acceptors (Lipinski definition) is 5. The van der Waals surface area contributed by atoms with Crippen LogP contribution < -0.4 is 10.1 Å². The van der Waals surface area contributed by atoms with Crippen molar-refractivity contribution in [1.29, 1.82) is 0 Å². The summed E-state index contributed by atoms with van der Waals surface area (Å²) in [6, 6.07) is 12.9. The number of carbonyl (C=O) groups excluding carboxylic acids is 3. The zero-order valence-electron chi connectivity index (χ0n) is 19.0. The number of alkyl halides is 1. The lowest BCUT2D eigenvalue weighted by Gasteiger charge is -2.29. The number of piperidine rings is 1. The lowest BCUT2D eigenvalue weighted by molar-refractivity contribution is -0.136. The number of ether oxygens (including phenoxy) is 1. The Balaban J connectivity index is 1.23. The molecule has 34 heavy (non-hydrogen) atoms. The number of likely N-dealkylation sites (tertiary alicyclic amines) is 1. The van der Waals surface area contributed by atoms with Crippen molar-refractivity contribution < 1.29 is 23.5 Å². The summed E-state index contributed by atoms with van der Waals surface area (Å²) in [6.07, 6.45) is 2.52. The van der Waals surface area contributed by atoms with E-state index in [1.54, 1.807) is 12.1 Å². The highest BCUT2D eigenvalue weighted by molar-refractivity contribution is 6.05. The molecule has 0 bridgehead atoms. The fraction of sp³-hybridized carbons (Fsp3) is 0.423. The molecule has 2 atom stereocenters. The topological polar surface area (TPSA) is 79.0 Å². The molecule has 3 amide bonds. The third kappa shape index (κ3) is 4.42. The van der Waals surface area contributed by atoms with E-state index < -0.39 is 11.9 Å². The van der Waals surface area contributed by atoms with Crippen LogP contribution in [-0.4, -0.2) is 52.8 Å². The molecule has 5 rings (SSSR count). The maximum absolute atomic E-state index is 13.1. The predicted molar refractivity (Wildman–Crippen MR) is 123 cm³/mol. The van der Waals surface area contributed by atoms with Crippen molar-refractivity contribution in [1.82, 2.24) is 15.1 Å². The van der Waals surface area contributed by atoms with Gasteiger partial charge in [0.1, 0.15) is 25.1 Å². The van der Waals surface area contributed by atoms with Crippen molar-refractivity contribution in [3.8, 4) is 5.75 Å². The molecule has 0 aliphatic carbocycles. The largest absolute Gasteiger partial charge is 0.489 e. The van der Waals surface area contributed by atoms with Gasteiger partial charge in [0.2, 0.25) is 11.8 Å². The van der Waals surface area contributed by atoms with Crippen LogP contribution in [0.1, 0.15) is 52.7 Å². The number of hydrogen-bond donors (Lipinski definition) is 1. The Morgan fingerprint density at radius 2 is 1.82 bits per heavy atom. The van der Waals surface area contributed by atoms with E-state index >= 15 is 0 Å². The number of amides is 3. The number of rotatable bonds is 7. The molecule has 2 fully saturated rings. The number of nitrogens with one attached hydrogen (secondary N) is 1. The second-order valence-electron chi connectivity index (χ2n) is 9.21. The number of carbonyl (C=O) groups is 3. The highest BCUT2D eigenvalue weighted by Gasteiger charge is 2.40. The zero-order chi connectivity index (χ0) is 23.7. The lowest BCUT2D eigenvalue weighted by atomic mass is 10.0. The van der Waals surface area contributed by atoms with E-state index in [2.05, 4.69) is 22.3 Å². The summed E-state index contributed by atoms with van der Waals surface area (Å²) in [5.41, 5.74) is 3.44. The minimum Gasteiger partial charge on any atom is -0.489 e. The van der Waals surface area contributed by atoms with Gasteiger partial charge in [0.15, 0.2) is 0 Å². The summed E-state index contributed by atoms with van der Waals surface area (Å²) in [4.78, 5) is 40.4. The molecule has 3 aliphatic rings. The van der Waals surface area contributed by atoms with E-state index in [1.807, 2.05) is 18.2 Å². The average molecular weight is 466 g/mol. The standard InChI is InChI=1S/C26H28FN3O4/c27-13-19-3-2-12-29(19)14-17-6-8-18(9-7-17)16-34-23-5-1-4-20-21(23)15-30(26(20)33)22-10-11-24(31)28-25(22)32/h1,4-9,19,22H,2-3,10-16H2,(H,28,31,32)/t19-,22?/m1/s1. The van der Waals surface area contributed by atoms with Crippen LogP contribution in [0.25, 0.3) is 0 Å². The van der Waals surface area contributed by atoms with Crippen molar-refractivity contribution in [3.63, 3.8) is 0 Å². The molecule has 178 valence electrons. The normalized spacial score (nSPS) is 22.7. The van der Waals surface area contributed by atoms with Crippen LogP contribution in [0, 0.1) is 0 Å². The molecule has 2 saturated heterocycles. The summed E-state index contributed by atoms with van der Waals surface area (Å²) in [6.45, 7) is 2.02. The molecule has 2 aromatic rings. The molecule has 3 aliphatic heterocycles. The fourth-order valence-corrected chi connectivity index (χ4v) is 5.11. The van der Waals surface area contributed by atoms with Crippen molar-refractivity contribution in [2.75, 3.05) is 13.2 Å². The van der Waals surface area contributed by atoms with Gasteiger partial charge in [-0.1, -0.05) is 30.3 Å². The summed E-state index contributed by atoms with van der Waals surface area (Å²) < 4.78 is 19.2. The van der Waals surface area contributed by atoms with Crippen LogP contribution in [0.4, 0.5) is 4.39 Å². The first kappa shape index (κ1) is 22.5. The van der Waals surface area contributed by atoms with Gasteiger partial charge in [0, 0.05) is 30.1 Å². The Bertz CT molecular complexity index is 1100. The van der Waals surface area contributed by atoms with Crippen LogP contribution in [-0.2, 0) is 29.3 Å². The minimum absolute atomic E-state index is 0.0330. The van der Waals surface area contributed by atoms with Gasteiger partial charge in [0.05, 0.1) is 6.54 Å². The van der Waals surface area contributed by atoms with E-state index in [0.29, 0.717) is 24.3 Å². The summed E-state index contributed by atoms with van der Waals surface area (Å²) in [5.74, 6) is -0.324. The first-order chi connectivity index (χ1) is 16.5. The highest BCUT2D eigenvalue weighted by Crippen LogP contribution is 2.34. The van der Waals surface area contributed by atoms with Gasteiger partial charge in [0.25, 0.3) is 5.91 Å². The quantitative estimate of drug-likeness (QED) is 0.636. The molecular weight excluding hydrogens is 437 g/mol. The molecule has 8 heteroatoms. The molecule has 0 aromatic heterocycles. The van der Waals surface area contributed by atoms with Crippen LogP contribution in [0.3, 0.4) is 0 Å². The van der Waals surface area contributed by atoms with Gasteiger partial charge < -0.3 is 9.64 Å². The van der Waals surface area contributed by atoms with Crippen molar-refractivity contribution in [2.45, 2.75) is 57.5 Å². The number of fused-ring (bicyclic) bond motifs is 1. The van der Waals surface area contributed by atoms with Gasteiger partial charge in [-0.05, 0) is 49.1 Å². The predicted octanol–water partition coefficient (Wildman–Crippen LogP) is 2.96. The maximum Gasteiger partial charge on any atom is 0.255 e. The summed E-state index contributed by atoms with van der Waals surface area (Å²) >= 11 is 0. The van der Waals surface area contributed by atoms with Crippen LogP contribution in [0.5, 0.6) is 5.75 Å². The summed E-state index contributed by atoms with van der Waals surface area (Å²) in [7, 11) is 0. The van der Waals surface area contributed by atoms with Gasteiger partial charge in [-0.25, -0.2) is 4.39 Å². The fourth-order valence-electron chi connectivity index (χ4n) is 5.11. The molecule has 0 saturated carbocycles. The first-order valence-electron chi connectivity index (χ1n) is 11.8. The Morgan fingerprint density at radius 1 is 1.03 bits per heavy atom. The Hall–Kier alpha value is -3.26. The highest BCUT2D eigenvalue weighted by atomic mass is 19.1. The van der Waals surface area contributed by atoms with E-state index in [9.17, 15) is 18.8 Å². The van der Waals surface area contributed by atoms with Gasteiger partial charge in [-0.2, -0.15) is 0 Å². The smallest absolute Gasteiger partial charge is 0.255 e. The molecule has 1 N–H and O–H groups in total. The van der Waals surface area contributed by atoms with Gasteiger partial charge in [-0.3, -0.25) is 24.6 Å². The number of halogens is 1. The molecule has 0 radical (unpaired) electrons. The molecule has 2 aromatic carbocycles. The maximum atomic E-state index is 13.1. The zero-order valence-corrected chi connectivity index (χ0v) is 19.0. The van der Waals surface area contributed by atoms with Crippen LogP contribution >= 0.6 is 0 Å². The average Bonchev–Trinajstić information content (AvgIpc) is 3.43. The molecular formula is C26H28FN3O4. The van der Waals surface area contributed by atoms with Crippen LogP contribution in [0.15, 0.2) is 42.5 Å². The Labute approximate surface area is 197 Å². The molecule has 7 nitrogen and oxygen atoms in total. The van der Waals surface area contributed by atoms with Gasteiger partial charge >= 0.3 is 0 Å². The SMILES string of the molecule is O=C1CCC(N2Cc3c(OCc4ccc(CN5CCC[C@@H]5CF)cc4)cccc3C2=O)C(=O)N1. The minimum atomic E-state index is -0.648. The summed E-state index contributed by atoms with van der Waals surface area (Å²) in [5, 5.41) is 2.32. The van der Waals surface area contributed by atoms with E-state index in [0.717, 1.165) is 42.6 Å². The molecule has 3 heterocycles. The second kappa shape index (κ2) is 9.54. The second-order valence-corrected chi connectivity index (χ2v) is 9.21. The van der Waals surface area contributed by atoms with E-state index in [-0.39, 0.29) is 37.5 Å². The third-order valence-corrected chi connectivity index (χ3v) is 7.02.